The van der Waals surface area contributed by atoms with E-state index in [0.717, 1.165) is 12.8 Å². The van der Waals surface area contributed by atoms with E-state index in [0.29, 0.717) is 11.2 Å². The number of unbranched alkanes of at least 4 members (excludes halogenated alkanes) is 1. The largest absolute Gasteiger partial charge is 0.464 e. The van der Waals surface area contributed by atoms with Crippen LogP contribution in [-0.4, -0.2) is 22.4 Å². The molecule has 0 saturated heterocycles. The monoisotopic (exact) mass is 288 g/mol. The van der Waals surface area contributed by atoms with Crippen LogP contribution in [0.4, 0.5) is 0 Å². The summed E-state index contributed by atoms with van der Waals surface area (Å²) >= 11 is 3.25. The van der Waals surface area contributed by atoms with Gasteiger partial charge in [0.15, 0.2) is 5.54 Å². The Hall–Kier alpha value is -0.840. The predicted molar refractivity (Wildman–Crippen MR) is 65.1 cm³/mol. The standard InChI is InChI=1S/C11H17BrN2O2/c1-4-5-8-16-10(15)11(2,3)14-7-6-9(12)13-14/h6-7H,4-5,8H2,1-3H3. The molecule has 90 valence electrons. The summed E-state index contributed by atoms with van der Waals surface area (Å²) in [7, 11) is 0. The lowest BCUT2D eigenvalue weighted by atomic mass is 10.1. The van der Waals surface area contributed by atoms with E-state index in [4.69, 9.17) is 4.74 Å². The molecular weight excluding hydrogens is 272 g/mol. The molecule has 0 aliphatic rings. The fraction of sp³-hybridized carbons (Fsp3) is 0.636. The highest BCUT2D eigenvalue weighted by molar-refractivity contribution is 9.10. The average Bonchev–Trinajstić information content (AvgIpc) is 2.65. The summed E-state index contributed by atoms with van der Waals surface area (Å²) in [4.78, 5) is 11.9. The maximum Gasteiger partial charge on any atom is 0.333 e. The van der Waals surface area contributed by atoms with Crippen molar-refractivity contribution in [2.24, 2.45) is 0 Å². The second-order valence-corrected chi connectivity index (χ2v) is 4.94. The van der Waals surface area contributed by atoms with Crippen molar-refractivity contribution < 1.29 is 9.53 Å². The first-order valence-corrected chi connectivity index (χ1v) is 6.16. The number of esters is 1. The van der Waals surface area contributed by atoms with Crippen molar-refractivity contribution in [2.45, 2.75) is 39.2 Å². The van der Waals surface area contributed by atoms with Crippen LogP contribution in [0.5, 0.6) is 0 Å². The molecular formula is C11H17BrN2O2. The molecule has 4 nitrogen and oxygen atoms in total. The van der Waals surface area contributed by atoms with Crippen LogP contribution in [0.15, 0.2) is 16.9 Å². The highest BCUT2D eigenvalue weighted by atomic mass is 79.9. The second kappa shape index (κ2) is 5.48. The van der Waals surface area contributed by atoms with Crippen LogP contribution in [0, 0.1) is 0 Å². The lowest BCUT2D eigenvalue weighted by Gasteiger charge is -2.23. The molecule has 0 aromatic carbocycles. The van der Waals surface area contributed by atoms with Gasteiger partial charge in [-0.3, -0.25) is 4.68 Å². The summed E-state index contributed by atoms with van der Waals surface area (Å²) in [5.41, 5.74) is -0.764. The minimum absolute atomic E-state index is 0.253. The molecule has 1 aromatic heterocycles. The van der Waals surface area contributed by atoms with Gasteiger partial charge in [-0.15, -0.1) is 0 Å². The Morgan fingerprint density at radius 1 is 1.62 bits per heavy atom. The summed E-state index contributed by atoms with van der Waals surface area (Å²) in [6.45, 7) is 6.12. The van der Waals surface area contributed by atoms with Crippen molar-refractivity contribution in [2.75, 3.05) is 6.61 Å². The van der Waals surface area contributed by atoms with Crippen LogP contribution in [0.3, 0.4) is 0 Å². The molecule has 1 aromatic rings. The Balaban J connectivity index is 2.66. The van der Waals surface area contributed by atoms with Gasteiger partial charge in [-0.2, -0.15) is 5.10 Å². The average molecular weight is 289 g/mol. The van der Waals surface area contributed by atoms with Crippen LogP contribution >= 0.6 is 15.9 Å². The number of aromatic nitrogens is 2. The Bertz CT molecular complexity index is 361. The first kappa shape index (κ1) is 13.2. The molecule has 0 fully saturated rings. The second-order valence-electron chi connectivity index (χ2n) is 4.13. The number of halogens is 1. The quantitative estimate of drug-likeness (QED) is 0.618. The first-order chi connectivity index (χ1) is 7.48. The van der Waals surface area contributed by atoms with Crippen LogP contribution in [0.2, 0.25) is 0 Å². The number of ether oxygens (including phenoxy) is 1. The first-order valence-electron chi connectivity index (χ1n) is 5.37. The van der Waals surface area contributed by atoms with Crippen LogP contribution in [0.25, 0.3) is 0 Å². The highest BCUT2D eigenvalue weighted by Crippen LogP contribution is 2.18. The molecule has 0 aliphatic carbocycles. The van der Waals surface area contributed by atoms with E-state index in [1.54, 1.807) is 30.8 Å². The molecule has 0 saturated carbocycles. The summed E-state index contributed by atoms with van der Waals surface area (Å²) in [5, 5.41) is 4.16. The Kier molecular flexibility index (Phi) is 4.53. The summed E-state index contributed by atoms with van der Waals surface area (Å²) < 4.78 is 7.51. The van der Waals surface area contributed by atoms with Crippen molar-refractivity contribution >= 4 is 21.9 Å². The van der Waals surface area contributed by atoms with Crippen molar-refractivity contribution in [3.63, 3.8) is 0 Å². The van der Waals surface area contributed by atoms with Gasteiger partial charge in [0.05, 0.1) is 6.61 Å². The molecule has 0 aliphatic heterocycles. The minimum atomic E-state index is -0.764. The van der Waals surface area contributed by atoms with Gasteiger partial charge in [-0.1, -0.05) is 13.3 Å². The number of hydrogen-bond acceptors (Lipinski definition) is 3. The fourth-order valence-electron chi connectivity index (χ4n) is 1.19. The predicted octanol–water partition coefficient (Wildman–Crippen LogP) is 2.72. The van der Waals surface area contributed by atoms with Gasteiger partial charge >= 0.3 is 5.97 Å². The normalized spacial score (nSPS) is 11.5. The van der Waals surface area contributed by atoms with Gasteiger partial charge < -0.3 is 4.74 Å². The van der Waals surface area contributed by atoms with E-state index in [-0.39, 0.29) is 5.97 Å². The molecule has 0 amide bonds. The Morgan fingerprint density at radius 2 is 2.31 bits per heavy atom. The number of hydrogen-bond donors (Lipinski definition) is 0. The van der Waals surface area contributed by atoms with Crippen molar-refractivity contribution in [1.29, 1.82) is 0 Å². The van der Waals surface area contributed by atoms with Crippen LogP contribution in [-0.2, 0) is 15.1 Å². The molecule has 1 heterocycles. The smallest absolute Gasteiger partial charge is 0.333 e. The lowest BCUT2D eigenvalue weighted by molar-refractivity contribution is -0.153. The summed E-state index contributed by atoms with van der Waals surface area (Å²) in [6, 6.07) is 1.79. The van der Waals surface area contributed by atoms with Crippen molar-refractivity contribution in [3.8, 4) is 0 Å². The third-order valence-electron chi connectivity index (χ3n) is 2.36. The van der Waals surface area contributed by atoms with Gasteiger partial charge in [-0.25, -0.2) is 4.79 Å². The third-order valence-corrected chi connectivity index (χ3v) is 2.78. The molecule has 0 unspecified atom stereocenters. The summed E-state index contributed by atoms with van der Waals surface area (Å²) in [6.07, 6.45) is 3.66. The van der Waals surface area contributed by atoms with E-state index < -0.39 is 5.54 Å². The fourth-order valence-corrected chi connectivity index (χ4v) is 1.48. The van der Waals surface area contributed by atoms with E-state index in [9.17, 15) is 4.79 Å². The van der Waals surface area contributed by atoms with Crippen LogP contribution < -0.4 is 0 Å². The zero-order valence-corrected chi connectivity index (χ0v) is 11.5. The Morgan fingerprint density at radius 3 is 2.81 bits per heavy atom. The number of nitrogens with zero attached hydrogens (tertiary/aromatic N) is 2. The van der Waals surface area contributed by atoms with Gasteiger partial charge in [-0.05, 0) is 42.3 Å². The van der Waals surface area contributed by atoms with E-state index >= 15 is 0 Å². The van der Waals surface area contributed by atoms with Crippen LogP contribution in [0.1, 0.15) is 33.6 Å². The van der Waals surface area contributed by atoms with Gasteiger partial charge in [0, 0.05) is 6.20 Å². The van der Waals surface area contributed by atoms with E-state index in [1.165, 1.54) is 0 Å². The number of carbonyl (C=O) groups excluding carboxylic acids is 1. The molecule has 1 rings (SSSR count). The van der Waals surface area contributed by atoms with Gasteiger partial charge in [0.1, 0.15) is 4.60 Å². The molecule has 0 radical (unpaired) electrons. The van der Waals surface area contributed by atoms with Gasteiger partial charge in [0.25, 0.3) is 0 Å². The third kappa shape index (κ3) is 3.07. The van der Waals surface area contributed by atoms with Gasteiger partial charge in [0.2, 0.25) is 0 Å². The zero-order chi connectivity index (χ0) is 12.2. The molecule has 0 spiro atoms. The number of carbonyl (C=O) groups is 1. The number of rotatable bonds is 5. The topological polar surface area (TPSA) is 44.1 Å². The van der Waals surface area contributed by atoms with Crippen molar-refractivity contribution in [1.82, 2.24) is 9.78 Å². The van der Waals surface area contributed by atoms with E-state index in [1.807, 2.05) is 0 Å². The molecule has 16 heavy (non-hydrogen) atoms. The lowest BCUT2D eigenvalue weighted by Crippen LogP contribution is -2.38. The highest BCUT2D eigenvalue weighted by Gasteiger charge is 2.32. The van der Waals surface area contributed by atoms with E-state index in [2.05, 4.69) is 28.0 Å². The maximum absolute atomic E-state index is 11.9. The summed E-state index contributed by atoms with van der Waals surface area (Å²) in [5.74, 6) is -0.253. The Labute approximate surface area is 104 Å². The molecule has 5 heteroatoms. The minimum Gasteiger partial charge on any atom is -0.464 e. The zero-order valence-electron chi connectivity index (χ0n) is 9.86. The molecule has 0 atom stereocenters. The van der Waals surface area contributed by atoms with Crippen molar-refractivity contribution in [3.05, 3.63) is 16.9 Å². The SMILES string of the molecule is CCCCOC(=O)C(C)(C)n1ccc(Br)n1. The molecule has 0 bridgehead atoms. The maximum atomic E-state index is 11.9. The molecule has 0 N–H and O–H groups in total.